The molecule has 3 aromatic rings. The third-order valence-corrected chi connectivity index (χ3v) is 4.76. The molecule has 28 heavy (non-hydrogen) atoms. The highest BCUT2D eigenvalue weighted by Gasteiger charge is 2.10. The summed E-state index contributed by atoms with van der Waals surface area (Å²) in [5.41, 5.74) is 2.77. The number of amides is 2. The summed E-state index contributed by atoms with van der Waals surface area (Å²) in [5.74, 6) is 5.58. The fourth-order valence-electron chi connectivity index (χ4n) is 2.41. The van der Waals surface area contributed by atoms with Gasteiger partial charge in [0, 0.05) is 36.2 Å². The first kappa shape index (κ1) is 19.3. The fourth-order valence-corrected chi connectivity index (χ4v) is 3.21. The topological polar surface area (TPSA) is 62.3 Å². The van der Waals surface area contributed by atoms with Crippen molar-refractivity contribution >= 4 is 23.2 Å². The van der Waals surface area contributed by atoms with E-state index in [2.05, 4.69) is 22.1 Å². The van der Waals surface area contributed by atoms with E-state index in [0.717, 1.165) is 16.1 Å². The second-order valence-electron chi connectivity index (χ2n) is 6.17. The number of thiazole rings is 1. The summed E-state index contributed by atoms with van der Waals surface area (Å²) in [6.45, 7) is 0.218. The Labute approximate surface area is 168 Å². The Morgan fingerprint density at radius 1 is 1.07 bits per heavy atom. The van der Waals surface area contributed by atoms with Gasteiger partial charge in [-0.25, -0.2) is 4.98 Å². The summed E-state index contributed by atoms with van der Waals surface area (Å²) in [4.78, 5) is 30.0. The van der Waals surface area contributed by atoms with Crippen molar-refractivity contribution < 1.29 is 9.59 Å². The van der Waals surface area contributed by atoms with Gasteiger partial charge in [0.25, 0.3) is 11.8 Å². The molecular formula is C22H19N3O2S. The number of carbonyl (C=O) groups excluding carboxylic acids is 2. The van der Waals surface area contributed by atoms with Gasteiger partial charge in [0.15, 0.2) is 0 Å². The van der Waals surface area contributed by atoms with E-state index in [1.165, 1.54) is 16.2 Å². The molecule has 1 N–H and O–H groups in total. The number of nitrogens with zero attached hydrogens (tertiary/aromatic N) is 2. The van der Waals surface area contributed by atoms with Crippen molar-refractivity contribution in [1.82, 2.24) is 15.2 Å². The van der Waals surface area contributed by atoms with Gasteiger partial charge in [0.2, 0.25) is 0 Å². The minimum atomic E-state index is -0.250. The average Bonchev–Trinajstić information content (AvgIpc) is 3.22. The molecule has 1 heterocycles. The Hall–Kier alpha value is -3.43. The molecule has 0 radical (unpaired) electrons. The summed E-state index contributed by atoms with van der Waals surface area (Å²) >= 11 is 1.43. The summed E-state index contributed by atoms with van der Waals surface area (Å²) in [7, 11) is 3.42. The molecule has 0 bridgehead atoms. The SMILES string of the molecule is CN(C)C(=O)c1ccc(C#CCNC(=O)c2csc(-c3ccccc3)n2)cc1. The van der Waals surface area contributed by atoms with Crippen LogP contribution in [0, 0.1) is 11.8 Å². The van der Waals surface area contributed by atoms with E-state index in [-0.39, 0.29) is 18.4 Å². The first-order chi connectivity index (χ1) is 13.5. The molecule has 5 nitrogen and oxygen atoms in total. The van der Waals surface area contributed by atoms with Gasteiger partial charge in [0.1, 0.15) is 10.7 Å². The zero-order valence-electron chi connectivity index (χ0n) is 15.6. The second kappa shape index (κ2) is 8.98. The van der Waals surface area contributed by atoms with E-state index >= 15 is 0 Å². The molecule has 0 atom stereocenters. The van der Waals surface area contributed by atoms with Crippen LogP contribution in [0.3, 0.4) is 0 Å². The van der Waals surface area contributed by atoms with Crippen LogP contribution in [-0.4, -0.2) is 42.3 Å². The van der Waals surface area contributed by atoms with Crippen LogP contribution < -0.4 is 5.32 Å². The predicted octanol–water partition coefficient (Wildman–Crippen LogP) is 3.29. The lowest BCUT2D eigenvalue weighted by atomic mass is 10.1. The van der Waals surface area contributed by atoms with Crippen LogP contribution in [0.15, 0.2) is 60.0 Å². The number of benzene rings is 2. The van der Waals surface area contributed by atoms with Crippen molar-refractivity contribution in [2.24, 2.45) is 0 Å². The van der Waals surface area contributed by atoms with Crippen molar-refractivity contribution in [2.45, 2.75) is 0 Å². The fraction of sp³-hybridized carbons (Fsp3) is 0.136. The van der Waals surface area contributed by atoms with Crippen LogP contribution in [0.4, 0.5) is 0 Å². The number of hydrogen-bond acceptors (Lipinski definition) is 4. The van der Waals surface area contributed by atoms with Gasteiger partial charge in [-0.2, -0.15) is 0 Å². The largest absolute Gasteiger partial charge is 0.345 e. The molecule has 0 fully saturated rings. The van der Waals surface area contributed by atoms with E-state index in [1.54, 1.807) is 43.7 Å². The molecule has 0 aliphatic rings. The molecule has 3 rings (SSSR count). The maximum absolute atomic E-state index is 12.2. The minimum Gasteiger partial charge on any atom is -0.345 e. The van der Waals surface area contributed by atoms with Crippen molar-refractivity contribution in [1.29, 1.82) is 0 Å². The molecule has 2 amide bonds. The number of rotatable bonds is 4. The van der Waals surface area contributed by atoms with Crippen LogP contribution in [0.2, 0.25) is 0 Å². The molecule has 0 spiro atoms. The molecule has 140 valence electrons. The smallest absolute Gasteiger partial charge is 0.271 e. The van der Waals surface area contributed by atoms with E-state index in [0.29, 0.717) is 11.3 Å². The van der Waals surface area contributed by atoms with Gasteiger partial charge in [-0.3, -0.25) is 9.59 Å². The molecule has 1 aromatic heterocycles. The number of aromatic nitrogens is 1. The average molecular weight is 389 g/mol. The van der Waals surface area contributed by atoms with Crippen LogP contribution in [0.25, 0.3) is 10.6 Å². The molecule has 0 unspecified atom stereocenters. The van der Waals surface area contributed by atoms with Gasteiger partial charge >= 0.3 is 0 Å². The lowest BCUT2D eigenvalue weighted by Gasteiger charge is -2.09. The standard InChI is InChI=1S/C22H19N3O2S/c1-25(2)22(27)18-12-10-16(11-13-18)7-6-14-23-20(26)19-15-28-21(24-19)17-8-4-3-5-9-17/h3-5,8-13,15H,14H2,1-2H3,(H,23,26). The van der Waals surface area contributed by atoms with E-state index < -0.39 is 0 Å². The van der Waals surface area contributed by atoms with Crippen LogP contribution in [-0.2, 0) is 0 Å². The monoisotopic (exact) mass is 389 g/mol. The van der Waals surface area contributed by atoms with Crippen LogP contribution in [0.5, 0.6) is 0 Å². The lowest BCUT2D eigenvalue weighted by molar-refractivity contribution is 0.0827. The summed E-state index contributed by atoms with van der Waals surface area (Å²) in [5, 5.41) is 5.30. The molecule has 2 aromatic carbocycles. The van der Waals surface area contributed by atoms with Crippen molar-refractivity contribution in [3.8, 4) is 22.4 Å². The predicted molar refractivity (Wildman–Crippen MR) is 111 cm³/mol. The van der Waals surface area contributed by atoms with Crippen molar-refractivity contribution in [3.63, 3.8) is 0 Å². The Kier molecular flexibility index (Phi) is 6.20. The zero-order valence-corrected chi connectivity index (χ0v) is 16.4. The minimum absolute atomic E-state index is 0.0510. The molecule has 0 aliphatic carbocycles. The Morgan fingerprint density at radius 3 is 2.46 bits per heavy atom. The quantitative estimate of drug-likeness (QED) is 0.697. The van der Waals surface area contributed by atoms with Gasteiger partial charge < -0.3 is 10.2 Å². The molecule has 0 saturated heterocycles. The maximum atomic E-state index is 12.2. The maximum Gasteiger partial charge on any atom is 0.271 e. The summed E-state index contributed by atoms with van der Waals surface area (Å²) < 4.78 is 0. The van der Waals surface area contributed by atoms with E-state index in [9.17, 15) is 9.59 Å². The number of nitrogens with one attached hydrogen (secondary N) is 1. The highest BCUT2D eigenvalue weighted by atomic mass is 32.1. The lowest BCUT2D eigenvalue weighted by Crippen LogP contribution is -2.23. The summed E-state index contributed by atoms with van der Waals surface area (Å²) in [6.07, 6.45) is 0. The first-order valence-corrected chi connectivity index (χ1v) is 9.52. The Morgan fingerprint density at radius 2 is 1.79 bits per heavy atom. The summed E-state index contributed by atoms with van der Waals surface area (Å²) in [6, 6.07) is 16.8. The zero-order chi connectivity index (χ0) is 19.9. The molecule has 0 aliphatic heterocycles. The van der Waals surface area contributed by atoms with Crippen molar-refractivity contribution in [2.75, 3.05) is 20.6 Å². The van der Waals surface area contributed by atoms with Gasteiger partial charge in [-0.05, 0) is 24.3 Å². The van der Waals surface area contributed by atoms with Gasteiger partial charge in [0.05, 0.1) is 6.54 Å². The van der Waals surface area contributed by atoms with E-state index in [4.69, 9.17) is 0 Å². The van der Waals surface area contributed by atoms with Crippen LogP contribution >= 0.6 is 11.3 Å². The molecule has 6 heteroatoms. The normalized spacial score (nSPS) is 9.93. The Balaban J connectivity index is 1.55. The third-order valence-electron chi connectivity index (χ3n) is 3.87. The third kappa shape index (κ3) is 4.84. The van der Waals surface area contributed by atoms with Gasteiger partial charge in [-0.1, -0.05) is 42.2 Å². The molecule has 0 saturated carbocycles. The number of carbonyl (C=O) groups is 2. The van der Waals surface area contributed by atoms with Gasteiger partial charge in [-0.15, -0.1) is 11.3 Å². The Bertz CT molecular complexity index is 1030. The first-order valence-electron chi connectivity index (χ1n) is 8.64. The molecular weight excluding hydrogens is 370 g/mol. The highest BCUT2D eigenvalue weighted by molar-refractivity contribution is 7.13. The highest BCUT2D eigenvalue weighted by Crippen LogP contribution is 2.23. The van der Waals surface area contributed by atoms with Crippen molar-refractivity contribution in [3.05, 3.63) is 76.8 Å². The van der Waals surface area contributed by atoms with Crippen LogP contribution in [0.1, 0.15) is 26.4 Å². The number of hydrogen-bond donors (Lipinski definition) is 1. The van der Waals surface area contributed by atoms with E-state index in [1.807, 2.05) is 30.3 Å². The second-order valence-corrected chi connectivity index (χ2v) is 7.02.